The van der Waals surface area contributed by atoms with E-state index >= 15 is 0 Å². The van der Waals surface area contributed by atoms with Gasteiger partial charge in [0.05, 0.1) is 0 Å². The smallest absolute Gasteiger partial charge is 0.191 e. The summed E-state index contributed by atoms with van der Waals surface area (Å²) < 4.78 is 2.17. The number of rotatable bonds is 5. The fourth-order valence-electron chi connectivity index (χ4n) is 3.16. The van der Waals surface area contributed by atoms with Crippen molar-refractivity contribution in [3.8, 4) is 0 Å². The van der Waals surface area contributed by atoms with E-state index in [1.807, 2.05) is 0 Å². The van der Waals surface area contributed by atoms with Crippen LogP contribution in [0.25, 0.3) is 0 Å². The second kappa shape index (κ2) is 6.44. The monoisotopic (exact) mass is 335 g/mol. The summed E-state index contributed by atoms with van der Waals surface area (Å²) in [6, 6.07) is 19.4. The van der Waals surface area contributed by atoms with Crippen LogP contribution in [0.1, 0.15) is 40.8 Å². The van der Waals surface area contributed by atoms with E-state index in [4.69, 9.17) is 0 Å². The number of hydrogen-bond acceptors (Lipinski definition) is 3. The molecule has 1 saturated carbocycles. The normalized spacial score (nSPS) is 19.4. The van der Waals surface area contributed by atoms with Crippen LogP contribution < -0.4 is 0 Å². The van der Waals surface area contributed by atoms with Gasteiger partial charge in [-0.1, -0.05) is 71.9 Å². The van der Waals surface area contributed by atoms with Crippen LogP contribution in [0, 0.1) is 6.92 Å². The van der Waals surface area contributed by atoms with E-state index in [0.29, 0.717) is 11.8 Å². The SMILES string of the molecule is Cc1ccc(CSc2nnc(C3CC3c3ccccc3)n2C)cc1. The van der Waals surface area contributed by atoms with Gasteiger partial charge in [0.15, 0.2) is 5.16 Å². The van der Waals surface area contributed by atoms with Gasteiger partial charge in [0.2, 0.25) is 0 Å². The lowest BCUT2D eigenvalue weighted by Crippen LogP contribution is -1.98. The maximum Gasteiger partial charge on any atom is 0.191 e. The number of benzene rings is 2. The van der Waals surface area contributed by atoms with Gasteiger partial charge >= 0.3 is 0 Å². The molecular weight excluding hydrogens is 314 g/mol. The summed E-state index contributed by atoms with van der Waals surface area (Å²) in [5.74, 6) is 3.16. The zero-order chi connectivity index (χ0) is 16.5. The van der Waals surface area contributed by atoms with Crippen LogP contribution in [0.15, 0.2) is 59.8 Å². The van der Waals surface area contributed by atoms with Crippen molar-refractivity contribution in [2.75, 3.05) is 0 Å². The maximum absolute atomic E-state index is 4.47. The van der Waals surface area contributed by atoms with Crippen LogP contribution in [0.2, 0.25) is 0 Å². The third-order valence-electron chi connectivity index (χ3n) is 4.71. The molecule has 3 aromatic rings. The molecule has 0 N–H and O–H groups in total. The van der Waals surface area contributed by atoms with Gasteiger partial charge in [0.25, 0.3) is 0 Å². The lowest BCUT2D eigenvalue weighted by molar-refractivity contribution is 0.730. The molecule has 1 aromatic heterocycles. The van der Waals surface area contributed by atoms with Crippen molar-refractivity contribution in [1.82, 2.24) is 14.8 Å². The van der Waals surface area contributed by atoms with E-state index in [2.05, 4.69) is 83.3 Å². The molecule has 0 spiro atoms. The molecule has 0 bridgehead atoms. The Hall–Kier alpha value is -2.07. The molecule has 1 aliphatic rings. The Labute approximate surface area is 147 Å². The van der Waals surface area contributed by atoms with Crippen LogP contribution in [0.5, 0.6) is 0 Å². The molecule has 122 valence electrons. The summed E-state index contributed by atoms with van der Waals surface area (Å²) in [6.45, 7) is 2.12. The minimum atomic E-state index is 0.513. The van der Waals surface area contributed by atoms with Crippen molar-refractivity contribution in [3.05, 3.63) is 77.1 Å². The number of thioether (sulfide) groups is 1. The van der Waals surface area contributed by atoms with Crippen LogP contribution in [0.3, 0.4) is 0 Å². The topological polar surface area (TPSA) is 30.7 Å². The van der Waals surface area contributed by atoms with Crippen molar-refractivity contribution in [2.45, 2.75) is 36.1 Å². The van der Waals surface area contributed by atoms with Gasteiger partial charge in [-0.05, 0) is 30.4 Å². The zero-order valence-corrected chi connectivity index (χ0v) is 14.8. The molecule has 0 radical (unpaired) electrons. The second-order valence-electron chi connectivity index (χ2n) is 6.53. The first-order chi connectivity index (χ1) is 11.7. The first-order valence-electron chi connectivity index (χ1n) is 8.35. The van der Waals surface area contributed by atoms with E-state index in [1.165, 1.54) is 23.1 Å². The summed E-state index contributed by atoms with van der Waals surface area (Å²) in [7, 11) is 2.09. The van der Waals surface area contributed by atoms with Crippen LogP contribution in [0.4, 0.5) is 0 Å². The van der Waals surface area contributed by atoms with E-state index in [-0.39, 0.29) is 0 Å². The molecule has 1 heterocycles. The Morgan fingerprint density at radius 2 is 1.75 bits per heavy atom. The predicted molar refractivity (Wildman–Crippen MR) is 98.3 cm³/mol. The molecule has 4 rings (SSSR count). The maximum atomic E-state index is 4.47. The average molecular weight is 335 g/mol. The Kier molecular flexibility index (Phi) is 4.15. The molecule has 0 saturated heterocycles. The van der Waals surface area contributed by atoms with Gasteiger partial charge in [0, 0.05) is 18.7 Å². The van der Waals surface area contributed by atoms with Crippen molar-refractivity contribution >= 4 is 11.8 Å². The molecule has 2 aromatic carbocycles. The van der Waals surface area contributed by atoms with Gasteiger partial charge in [-0.2, -0.15) is 0 Å². The van der Waals surface area contributed by atoms with Gasteiger partial charge in [-0.15, -0.1) is 10.2 Å². The first-order valence-corrected chi connectivity index (χ1v) is 9.33. The minimum Gasteiger partial charge on any atom is -0.309 e. The highest BCUT2D eigenvalue weighted by Gasteiger charge is 2.42. The van der Waals surface area contributed by atoms with E-state index in [0.717, 1.165) is 16.7 Å². The standard InChI is InChI=1S/C20H21N3S/c1-14-8-10-15(11-9-14)13-24-20-22-21-19(23(20)2)18-12-17(18)16-6-4-3-5-7-16/h3-11,17-18H,12-13H2,1-2H3. The number of hydrogen-bond donors (Lipinski definition) is 0. The molecule has 0 aliphatic heterocycles. The minimum absolute atomic E-state index is 0.513. The van der Waals surface area contributed by atoms with E-state index < -0.39 is 0 Å². The third-order valence-corrected chi connectivity index (χ3v) is 5.80. The highest BCUT2D eigenvalue weighted by molar-refractivity contribution is 7.98. The van der Waals surface area contributed by atoms with E-state index in [9.17, 15) is 0 Å². The highest BCUT2D eigenvalue weighted by atomic mass is 32.2. The molecule has 2 atom stereocenters. The molecule has 2 unspecified atom stereocenters. The first kappa shape index (κ1) is 15.5. The molecule has 24 heavy (non-hydrogen) atoms. The molecule has 3 nitrogen and oxygen atoms in total. The Balaban J connectivity index is 1.43. The molecule has 0 amide bonds. The van der Waals surface area contributed by atoms with Crippen molar-refractivity contribution in [1.29, 1.82) is 0 Å². The molecule has 4 heteroatoms. The lowest BCUT2D eigenvalue weighted by atomic mass is 10.1. The molecular formula is C20H21N3S. The summed E-state index contributed by atoms with van der Waals surface area (Å²) >= 11 is 1.76. The van der Waals surface area contributed by atoms with Crippen LogP contribution in [-0.4, -0.2) is 14.8 Å². The highest BCUT2D eigenvalue weighted by Crippen LogP contribution is 2.54. The fourth-order valence-corrected chi connectivity index (χ4v) is 4.03. The molecule has 1 fully saturated rings. The average Bonchev–Trinajstić information content (AvgIpc) is 3.32. The summed E-state index contributed by atoms with van der Waals surface area (Å²) in [4.78, 5) is 0. The van der Waals surface area contributed by atoms with Crippen molar-refractivity contribution < 1.29 is 0 Å². The summed E-state index contributed by atoms with van der Waals surface area (Å²) in [5.41, 5.74) is 4.04. The number of nitrogens with zero attached hydrogens (tertiary/aromatic N) is 3. The van der Waals surface area contributed by atoms with Gasteiger partial charge < -0.3 is 4.57 Å². The Morgan fingerprint density at radius 3 is 2.50 bits per heavy atom. The quantitative estimate of drug-likeness (QED) is 0.634. The predicted octanol–water partition coefficient (Wildman–Crippen LogP) is 4.69. The third kappa shape index (κ3) is 3.11. The van der Waals surface area contributed by atoms with Crippen molar-refractivity contribution in [2.24, 2.45) is 7.05 Å². The van der Waals surface area contributed by atoms with Crippen LogP contribution in [-0.2, 0) is 12.8 Å². The number of aromatic nitrogens is 3. The fraction of sp³-hybridized carbons (Fsp3) is 0.300. The summed E-state index contributed by atoms with van der Waals surface area (Å²) in [5, 5.41) is 9.89. The Bertz CT molecular complexity index is 824. The molecule has 1 aliphatic carbocycles. The summed E-state index contributed by atoms with van der Waals surface area (Å²) in [6.07, 6.45) is 1.18. The van der Waals surface area contributed by atoms with Crippen LogP contribution >= 0.6 is 11.8 Å². The zero-order valence-electron chi connectivity index (χ0n) is 14.0. The second-order valence-corrected chi connectivity index (χ2v) is 7.48. The number of aryl methyl sites for hydroxylation is 1. The van der Waals surface area contributed by atoms with Crippen molar-refractivity contribution in [3.63, 3.8) is 0 Å². The van der Waals surface area contributed by atoms with Gasteiger partial charge in [0.1, 0.15) is 5.82 Å². The largest absolute Gasteiger partial charge is 0.309 e. The van der Waals surface area contributed by atoms with Gasteiger partial charge in [-0.25, -0.2) is 0 Å². The van der Waals surface area contributed by atoms with E-state index in [1.54, 1.807) is 11.8 Å². The van der Waals surface area contributed by atoms with Gasteiger partial charge in [-0.3, -0.25) is 0 Å². The Morgan fingerprint density at radius 1 is 1.00 bits per heavy atom. The lowest BCUT2D eigenvalue weighted by Gasteiger charge is -2.04.